The predicted molar refractivity (Wildman–Crippen MR) is 264 cm³/mol. The fourth-order valence-electron chi connectivity index (χ4n) is 7.06. The highest BCUT2D eigenvalue weighted by Gasteiger charge is 2.31. The molecule has 0 fully saturated rings. The molecule has 4 heterocycles. The number of ether oxygens (including phenoxy) is 5. The van der Waals surface area contributed by atoms with Crippen LogP contribution in [0.15, 0.2) is 144 Å². The van der Waals surface area contributed by atoms with E-state index in [4.69, 9.17) is 28.8 Å². The standard InChI is InChI=1S/C27H28N4O4S.C24H22N4O5/c1-4-24-25(19-9-12-22(34-2)23(16-19)35-3)30-31(27(33)36-24)15-13-18-7-10-21(11-8-18)29-26(32)20-6-5-14-28-17-20;1-31-21-10-7-17(12-22(21)32-2)20-15-33-24(30)28(27-20)14-16-5-8-19(9-6-16)26-23(29)18-4-3-11-25-13-18/h5-12,14,16-17,24H,4,13,15H2,1-3H3,(H,29,32);3-13H,14-15H2,1-2H3,(H,26,29). The maximum Gasteiger partial charge on any atom is 0.431 e. The van der Waals surface area contributed by atoms with Crippen LogP contribution in [0.2, 0.25) is 0 Å². The van der Waals surface area contributed by atoms with E-state index in [1.807, 2.05) is 67.6 Å². The summed E-state index contributed by atoms with van der Waals surface area (Å²) >= 11 is 1.29. The normalized spacial score (nSPS) is 14.2. The van der Waals surface area contributed by atoms with Gasteiger partial charge in [-0.3, -0.25) is 24.4 Å². The van der Waals surface area contributed by atoms with E-state index in [9.17, 15) is 19.2 Å². The Morgan fingerprint density at radius 3 is 1.72 bits per heavy atom. The molecule has 1 unspecified atom stereocenters. The number of hydrogen-bond donors (Lipinski definition) is 2. The Morgan fingerprint density at radius 1 is 0.667 bits per heavy atom. The molecular weight excluding hydrogens is 901 g/mol. The van der Waals surface area contributed by atoms with Crippen molar-refractivity contribution in [3.8, 4) is 23.0 Å². The van der Waals surface area contributed by atoms with Crippen LogP contribution in [-0.4, -0.2) is 101 Å². The molecule has 354 valence electrons. The van der Waals surface area contributed by atoms with Crippen LogP contribution in [0, 0.1) is 0 Å². The lowest BCUT2D eigenvalue weighted by atomic mass is 10.0. The fraction of sp³-hybridized carbons (Fsp3) is 0.216. The Bertz CT molecular complexity index is 2810. The van der Waals surface area contributed by atoms with Gasteiger partial charge in [0, 0.05) is 53.8 Å². The second-order valence-electron chi connectivity index (χ2n) is 15.2. The number of hydrogen-bond acceptors (Lipinski definition) is 14. The summed E-state index contributed by atoms with van der Waals surface area (Å²) in [5.41, 5.74) is 7.24. The monoisotopic (exact) mass is 950 g/mol. The fourth-order valence-corrected chi connectivity index (χ4v) is 8.02. The van der Waals surface area contributed by atoms with Crippen molar-refractivity contribution in [3.63, 3.8) is 0 Å². The van der Waals surface area contributed by atoms with Crippen LogP contribution < -0.4 is 29.6 Å². The van der Waals surface area contributed by atoms with E-state index in [1.54, 1.807) is 89.4 Å². The van der Waals surface area contributed by atoms with Crippen LogP contribution in [0.25, 0.3) is 0 Å². The third-order valence-electron chi connectivity index (χ3n) is 10.8. The number of benzene rings is 4. The van der Waals surface area contributed by atoms with E-state index >= 15 is 0 Å². The molecule has 18 heteroatoms. The van der Waals surface area contributed by atoms with Gasteiger partial charge in [0.15, 0.2) is 23.0 Å². The number of pyridine rings is 2. The van der Waals surface area contributed by atoms with Crippen molar-refractivity contribution in [2.75, 3.05) is 52.2 Å². The van der Waals surface area contributed by atoms with Crippen LogP contribution in [0.5, 0.6) is 23.0 Å². The first-order valence-corrected chi connectivity index (χ1v) is 22.6. The molecule has 2 aromatic heterocycles. The molecule has 0 saturated carbocycles. The summed E-state index contributed by atoms with van der Waals surface area (Å²) in [5, 5.41) is 17.6. The lowest BCUT2D eigenvalue weighted by molar-refractivity contribution is 0.101. The van der Waals surface area contributed by atoms with E-state index in [0.717, 1.165) is 34.4 Å². The maximum atomic E-state index is 12.8. The van der Waals surface area contributed by atoms with Gasteiger partial charge < -0.3 is 34.3 Å². The molecule has 4 aromatic carbocycles. The highest BCUT2D eigenvalue weighted by Crippen LogP contribution is 2.34. The molecular formula is C51H50N8O9S. The molecule has 2 aliphatic heterocycles. The van der Waals surface area contributed by atoms with Crippen LogP contribution in [0.1, 0.15) is 56.3 Å². The van der Waals surface area contributed by atoms with Crippen molar-refractivity contribution in [1.29, 1.82) is 0 Å². The molecule has 0 bridgehead atoms. The molecule has 17 nitrogen and oxygen atoms in total. The lowest BCUT2D eigenvalue weighted by Crippen LogP contribution is -2.36. The molecule has 6 aromatic rings. The van der Waals surface area contributed by atoms with Gasteiger partial charge in [-0.1, -0.05) is 43.0 Å². The minimum Gasteiger partial charge on any atom is -0.493 e. The van der Waals surface area contributed by atoms with Gasteiger partial charge in [-0.15, -0.1) is 0 Å². The van der Waals surface area contributed by atoms with Crippen LogP contribution in [-0.2, 0) is 17.7 Å². The molecule has 2 aliphatic rings. The van der Waals surface area contributed by atoms with E-state index in [-0.39, 0.29) is 35.5 Å². The number of cyclic esters (lactones) is 1. The van der Waals surface area contributed by atoms with Gasteiger partial charge in [-0.25, -0.2) is 9.80 Å². The summed E-state index contributed by atoms with van der Waals surface area (Å²) in [6.45, 7) is 2.77. The van der Waals surface area contributed by atoms with E-state index in [2.05, 4.69) is 25.7 Å². The number of nitrogens with zero attached hydrogens (tertiary/aromatic N) is 6. The summed E-state index contributed by atoms with van der Waals surface area (Å²) in [7, 11) is 6.32. The van der Waals surface area contributed by atoms with Gasteiger partial charge in [-0.05, 0) is 109 Å². The number of rotatable bonds is 16. The van der Waals surface area contributed by atoms with Crippen molar-refractivity contribution in [2.45, 2.75) is 31.6 Å². The predicted octanol–water partition coefficient (Wildman–Crippen LogP) is 8.95. The Labute approximate surface area is 403 Å². The van der Waals surface area contributed by atoms with E-state index in [0.29, 0.717) is 64.2 Å². The highest BCUT2D eigenvalue weighted by molar-refractivity contribution is 8.14. The van der Waals surface area contributed by atoms with Crippen LogP contribution in [0.3, 0.4) is 0 Å². The maximum absolute atomic E-state index is 12.8. The van der Waals surface area contributed by atoms with E-state index in [1.165, 1.54) is 34.2 Å². The molecule has 0 spiro atoms. The number of hydrazone groups is 2. The number of carbonyl (C=O) groups excluding carboxylic acids is 4. The summed E-state index contributed by atoms with van der Waals surface area (Å²) in [6.07, 6.45) is 7.13. The lowest BCUT2D eigenvalue weighted by Gasteiger charge is -2.28. The first kappa shape index (κ1) is 48.7. The second kappa shape index (κ2) is 23.5. The quantitative estimate of drug-likeness (QED) is 0.0936. The van der Waals surface area contributed by atoms with Gasteiger partial charge in [-0.2, -0.15) is 15.2 Å². The Kier molecular flexibility index (Phi) is 16.6. The molecule has 8 rings (SSSR count). The zero-order chi connectivity index (χ0) is 48.7. The van der Waals surface area contributed by atoms with Gasteiger partial charge in [0.05, 0.1) is 57.1 Å². The Hall–Kier alpha value is -8.25. The number of anilines is 2. The molecule has 1 atom stereocenters. The SMILES string of the molecule is CCC1SC(=O)N(CCc2ccc(NC(=O)c3cccnc3)cc2)N=C1c1ccc(OC)c(OC)c1.COc1ccc(C2=NN(Cc3ccc(NC(=O)c4cccnc4)cc3)C(=O)OC2)cc1OC. The third-order valence-corrected chi connectivity index (χ3v) is 12.0. The minimum atomic E-state index is -0.534. The highest BCUT2D eigenvalue weighted by atomic mass is 32.2. The molecule has 0 saturated heterocycles. The average Bonchev–Trinajstić information content (AvgIpc) is 3.40. The zero-order valence-corrected chi connectivity index (χ0v) is 39.4. The Morgan fingerprint density at radius 2 is 1.20 bits per heavy atom. The molecule has 69 heavy (non-hydrogen) atoms. The second-order valence-corrected chi connectivity index (χ2v) is 16.4. The summed E-state index contributed by atoms with van der Waals surface area (Å²) in [5.74, 6) is 1.96. The number of amides is 4. The van der Waals surface area contributed by atoms with Crippen molar-refractivity contribution in [1.82, 2.24) is 20.0 Å². The summed E-state index contributed by atoms with van der Waals surface area (Å²) in [4.78, 5) is 57.5. The Balaban J connectivity index is 0.000000205. The number of thioether (sulfide) groups is 1. The number of carbonyl (C=O) groups is 4. The molecule has 2 N–H and O–H groups in total. The number of nitrogens with one attached hydrogen (secondary N) is 2. The number of methoxy groups -OCH3 is 4. The van der Waals surface area contributed by atoms with Gasteiger partial charge in [0.25, 0.3) is 11.8 Å². The van der Waals surface area contributed by atoms with Gasteiger partial charge in [0.2, 0.25) is 0 Å². The number of aromatic nitrogens is 2. The minimum absolute atomic E-state index is 0.0328. The van der Waals surface area contributed by atoms with Crippen molar-refractivity contribution >= 4 is 57.7 Å². The third kappa shape index (κ3) is 12.6. The van der Waals surface area contributed by atoms with E-state index < -0.39 is 6.09 Å². The topological polar surface area (TPSA) is 195 Å². The van der Waals surface area contributed by atoms with Crippen LogP contribution in [0.4, 0.5) is 21.0 Å². The average molecular weight is 951 g/mol. The summed E-state index contributed by atoms with van der Waals surface area (Å²) < 4.78 is 26.7. The largest absolute Gasteiger partial charge is 0.493 e. The summed E-state index contributed by atoms with van der Waals surface area (Å²) in [6, 6.07) is 32.6. The molecule has 0 radical (unpaired) electrons. The van der Waals surface area contributed by atoms with Crippen molar-refractivity contribution in [3.05, 3.63) is 167 Å². The molecule has 0 aliphatic carbocycles. The molecule has 4 amide bonds. The van der Waals surface area contributed by atoms with Gasteiger partial charge >= 0.3 is 11.3 Å². The first-order valence-electron chi connectivity index (χ1n) is 21.7. The zero-order valence-electron chi connectivity index (χ0n) is 38.6. The van der Waals surface area contributed by atoms with Crippen molar-refractivity contribution in [2.24, 2.45) is 10.2 Å². The smallest absolute Gasteiger partial charge is 0.431 e. The van der Waals surface area contributed by atoms with Crippen molar-refractivity contribution < 1.29 is 42.9 Å². The van der Waals surface area contributed by atoms with Gasteiger partial charge in [0.1, 0.15) is 12.3 Å². The first-order chi connectivity index (χ1) is 33.6. The van der Waals surface area contributed by atoms with Crippen LogP contribution >= 0.6 is 11.8 Å².